The quantitative estimate of drug-likeness (QED) is 0.845. The number of sulfonamides is 1. The normalized spacial score (nSPS) is 19.7. The van der Waals surface area contributed by atoms with Crippen molar-refractivity contribution in [1.29, 1.82) is 0 Å². The highest BCUT2D eigenvalue weighted by atomic mass is 32.2. The maximum absolute atomic E-state index is 12.1. The third kappa shape index (κ3) is 3.16. The van der Waals surface area contributed by atoms with E-state index in [-0.39, 0.29) is 10.4 Å². The summed E-state index contributed by atoms with van der Waals surface area (Å²) in [6.07, 6.45) is 8.35. The molecule has 108 valence electrons. The molecule has 19 heavy (non-hydrogen) atoms. The number of nitrogens with one attached hydrogen (secondary N) is 2. The average molecular weight is 286 g/mol. The maximum Gasteiger partial charge on any atom is 0.243 e. The molecule has 1 heterocycles. The Bertz CT molecular complexity index is 490. The average Bonchev–Trinajstić information content (AvgIpc) is 2.92. The summed E-state index contributed by atoms with van der Waals surface area (Å²) in [5.74, 6) is 0. The standard InChI is InChI=1S/C12H22N4O2S/c1-16(2)12(6-4-3-5-7-12)10-15-19(17,18)11-8-13-14-9-11/h8-9,15H,3-7,10H2,1-2H3,(H,13,14). The molecule has 2 rings (SSSR count). The zero-order valence-electron chi connectivity index (χ0n) is 11.5. The number of likely N-dealkylation sites (N-methyl/N-ethyl adjacent to an activating group) is 1. The van der Waals surface area contributed by atoms with Crippen LogP contribution < -0.4 is 4.72 Å². The van der Waals surface area contributed by atoms with Gasteiger partial charge in [-0.25, -0.2) is 13.1 Å². The molecule has 1 saturated carbocycles. The van der Waals surface area contributed by atoms with E-state index in [1.807, 2.05) is 14.1 Å². The summed E-state index contributed by atoms with van der Waals surface area (Å²) in [7, 11) is 0.592. The fraction of sp³-hybridized carbons (Fsp3) is 0.750. The first-order chi connectivity index (χ1) is 8.96. The lowest BCUT2D eigenvalue weighted by Crippen LogP contribution is -2.53. The van der Waals surface area contributed by atoms with Crippen molar-refractivity contribution in [3.8, 4) is 0 Å². The predicted octanol–water partition coefficient (Wildman–Crippen LogP) is 0.952. The van der Waals surface area contributed by atoms with Crippen LogP contribution >= 0.6 is 0 Å². The van der Waals surface area contributed by atoms with E-state index in [4.69, 9.17) is 0 Å². The first kappa shape index (κ1) is 14.5. The second-order valence-corrected chi connectivity index (χ2v) is 7.20. The predicted molar refractivity (Wildman–Crippen MR) is 73.3 cm³/mol. The SMILES string of the molecule is CN(C)C1(CNS(=O)(=O)c2cn[nH]c2)CCCCC1. The number of aromatic nitrogens is 2. The van der Waals surface area contributed by atoms with Crippen LogP contribution in [-0.2, 0) is 10.0 Å². The number of H-pyrrole nitrogens is 1. The van der Waals surface area contributed by atoms with Gasteiger partial charge in [0.1, 0.15) is 4.90 Å². The van der Waals surface area contributed by atoms with Crippen molar-refractivity contribution in [2.24, 2.45) is 0 Å². The van der Waals surface area contributed by atoms with Gasteiger partial charge in [-0.3, -0.25) is 5.10 Å². The molecule has 6 nitrogen and oxygen atoms in total. The molecule has 1 fully saturated rings. The van der Waals surface area contributed by atoms with Crippen LogP contribution in [0.25, 0.3) is 0 Å². The highest BCUT2D eigenvalue weighted by molar-refractivity contribution is 7.89. The van der Waals surface area contributed by atoms with Gasteiger partial charge in [0.05, 0.1) is 6.20 Å². The van der Waals surface area contributed by atoms with Crippen LogP contribution in [0.5, 0.6) is 0 Å². The molecule has 1 aliphatic rings. The van der Waals surface area contributed by atoms with Crippen molar-refractivity contribution in [3.63, 3.8) is 0 Å². The fourth-order valence-corrected chi connectivity index (χ4v) is 3.72. The highest BCUT2D eigenvalue weighted by Crippen LogP contribution is 2.31. The Labute approximate surface area is 114 Å². The van der Waals surface area contributed by atoms with Crippen molar-refractivity contribution < 1.29 is 8.42 Å². The lowest BCUT2D eigenvalue weighted by Gasteiger charge is -2.43. The van der Waals surface area contributed by atoms with Crippen LogP contribution in [0.2, 0.25) is 0 Å². The first-order valence-electron chi connectivity index (χ1n) is 6.62. The Morgan fingerprint density at radius 1 is 1.37 bits per heavy atom. The Balaban J connectivity index is 2.07. The van der Waals surface area contributed by atoms with E-state index in [0.717, 1.165) is 25.7 Å². The van der Waals surface area contributed by atoms with Crippen LogP contribution in [-0.4, -0.2) is 49.7 Å². The van der Waals surface area contributed by atoms with E-state index in [9.17, 15) is 8.42 Å². The molecule has 1 aliphatic carbocycles. The third-order valence-corrected chi connectivity index (χ3v) is 5.48. The summed E-state index contributed by atoms with van der Waals surface area (Å²) in [4.78, 5) is 2.35. The topological polar surface area (TPSA) is 78.1 Å². The van der Waals surface area contributed by atoms with Gasteiger partial charge in [0.15, 0.2) is 0 Å². The molecule has 0 aliphatic heterocycles. The van der Waals surface area contributed by atoms with Crippen LogP contribution in [0.1, 0.15) is 32.1 Å². The highest BCUT2D eigenvalue weighted by Gasteiger charge is 2.35. The van der Waals surface area contributed by atoms with Crippen molar-refractivity contribution in [2.45, 2.75) is 42.5 Å². The van der Waals surface area contributed by atoms with Gasteiger partial charge in [-0.1, -0.05) is 19.3 Å². The van der Waals surface area contributed by atoms with Crippen molar-refractivity contribution in [2.75, 3.05) is 20.6 Å². The molecule has 1 aromatic rings. The molecule has 0 aromatic carbocycles. The number of aromatic amines is 1. The summed E-state index contributed by atoms with van der Waals surface area (Å²) in [6.45, 7) is 0.452. The van der Waals surface area contributed by atoms with Gasteiger partial charge in [-0.05, 0) is 26.9 Å². The molecule has 7 heteroatoms. The van der Waals surface area contributed by atoms with Gasteiger partial charge in [0, 0.05) is 18.3 Å². The molecule has 0 unspecified atom stereocenters. The third-order valence-electron chi connectivity index (χ3n) is 4.11. The van der Waals surface area contributed by atoms with Crippen molar-refractivity contribution in [3.05, 3.63) is 12.4 Å². The molecule has 0 saturated heterocycles. The summed E-state index contributed by atoms with van der Waals surface area (Å²) >= 11 is 0. The molecule has 0 atom stereocenters. The zero-order chi connectivity index (χ0) is 13.9. The van der Waals surface area contributed by atoms with Gasteiger partial charge >= 0.3 is 0 Å². The minimum absolute atomic E-state index is 0.0605. The molecular formula is C12H22N4O2S. The monoisotopic (exact) mass is 286 g/mol. The van der Waals surface area contributed by atoms with E-state index in [1.165, 1.54) is 18.8 Å². The Morgan fingerprint density at radius 3 is 2.58 bits per heavy atom. The van der Waals surface area contributed by atoms with E-state index in [2.05, 4.69) is 19.8 Å². The van der Waals surface area contributed by atoms with Gasteiger partial charge in [0.2, 0.25) is 10.0 Å². The first-order valence-corrected chi connectivity index (χ1v) is 8.10. The minimum atomic E-state index is -3.46. The second kappa shape index (κ2) is 5.60. The van der Waals surface area contributed by atoms with Crippen molar-refractivity contribution in [1.82, 2.24) is 19.8 Å². The summed E-state index contributed by atoms with van der Waals surface area (Å²) < 4.78 is 26.9. The number of nitrogens with zero attached hydrogens (tertiary/aromatic N) is 2. The molecule has 0 amide bonds. The van der Waals surface area contributed by atoms with Gasteiger partial charge in [-0.15, -0.1) is 0 Å². The molecule has 0 spiro atoms. The maximum atomic E-state index is 12.1. The molecule has 2 N–H and O–H groups in total. The second-order valence-electron chi connectivity index (χ2n) is 5.44. The Morgan fingerprint density at radius 2 is 2.05 bits per heavy atom. The van der Waals surface area contributed by atoms with Crippen molar-refractivity contribution >= 4 is 10.0 Å². The van der Waals surface area contributed by atoms with Crippen LogP contribution in [0.4, 0.5) is 0 Å². The summed E-state index contributed by atoms with van der Waals surface area (Å²) in [5.41, 5.74) is -0.0605. The summed E-state index contributed by atoms with van der Waals surface area (Å²) in [5, 5.41) is 6.21. The molecule has 0 bridgehead atoms. The molecular weight excluding hydrogens is 264 g/mol. The smallest absolute Gasteiger partial charge is 0.243 e. The van der Waals surface area contributed by atoms with Gasteiger partial charge < -0.3 is 4.90 Å². The summed E-state index contributed by atoms with van der Waals surface area (Å²) in [6, 6.07) is 0. The van der Waals surface area contributed by atoms with Gasteiger partial charge in [0.25, 0.3) is 0 Å². The van der Waals surface area contributed by atoms with E-state index in [0.29, 0.717) is 6.54 Å². The lowest BCUT2D eigenvalue weighted by atomic mass is 9.81. The Hall–Kier alpha value is -0.920. The van der Waals surface area contributed by atoms with E-state index < -0.39 is 10.0 Å². The van der Waals surface area contributed by atoms with Gasteiger partial charge in [-0.2, -0.15) is 5.10 Å². The minimum Gasteiger partial charge on any atom is -0.302 e. The fourth-order valence-electron chi connectivity index (χ4n) is 2.69. The molecule has 1 aromatic heterocycles. The molecule has 0 radical (unpaired) electrons. The number of hydrogen-bond donors (Lipinski definition) is 2. The number of hydrogen-bond acceptors (Lipinski definition) is 4. The lowest BCUT2D eigenvalue weighted by molar-refractivity contribution is 0.105. The Kier molecular flexibility index (Phi) is 4.27. The van der Waals surface area contributed by atoms with Crippen LogP contribution in [0.3, 0.4) is 0 Å². The van der Waals surface area contributed by atoms with Crippen LogP contribution in [0, 0.1) is 0 Å². The van der Waals surface area contributed by atoms with E-state index in [1.54, 1.807) is 0 Å². The largest absolute Gasteiger partial charge is 0.302 e. The van der Waals surface area contributed by atoms with Crippen LogP contribution in [0.15, 0.2) is 17.3 Å². The number of rotatable bonds is 5. The zero-order valence-corrected chi connectivity index (χ0v) is 12.3. The van der Waals surface area contributed by atoms with E-state index >= 15 is 0 Å².